The number of hydrogen-bond donors (Lipinski definition) is 1. The molecule has 2 atom stereocenters. The van der Waals surface area contributed by atoms with Crippen LogP contribution in [0.25, 0.3) is 0 Å². The Morgan fingerprint density at radius 2 is 2.36 bits per heavy atom. The van der Waals surface area contributed by atoms with E-state index in [0.717, 1.165) is 0 Å². The third kappa shape index (κ3) is 1.84. The van der Waals surface area contributed by atoms with Gasteiger partial charge in [0.15, 0.2) is 0 Å². The highest BCUT2D eigenvalue weighted by atomic mass is 16.5. The molecule has 0 radical (unpaired) electrons. The molecule has 0 aromatic carbocycles. The van der Waals surface area contributed by atoms with Crippen molar-refractivity contribution in [2.24, 2.45) is 5.92 Å². The molecular weight excluding hydrogens is 146 g/mol. The van der Waals surface area contributed by atoms with Gasteiger partial charge in [0.05, 0.1) is 5.92 Å². The van der Waals surface area contributed by atoms with E-state index in [1.807, 2.05) is 0 Å². The smallest absolute Gasteiger partial charge is 0.306 e. The molecule has 1 saturated carbocycles. The highest BCUT2D eigenvalue weighted by Crippen LogP contribution is 2.27. The van der Waals surface area contributed by atoms with Crippen LogP contribution in [0, 0.1) is 17.4 Å². The van der Waals surface area contributed by atoms with Crippen molar-refractivity contribution in [3.63, 3.8) is 0 Å². The van der Waals surface area contributed by atoms with Gasteiger partial charge in [-0.3, -0.25) is 4.79 Å². The van der Waals surface area contributed by atoms with Gasteiger partial charge in [-0.2, -0.15) is 5.26 Å². The first-order valence-corrected chi connectivity index (χ1v) is 3.51. The van der Waals surface area contributed by atoms with Gasteiger partial charge in [-0.15, -0.1) is 0 Å². The Morgan fingerprint density at radius 1 is 1.64 bits per heavy atom. The van der Waals surface area contributed by atoms with Crippen molar-refractivity contribution in [1.29, 1.82) is 5.26 Å². The zero-order valence-electron chi connectivity index (χ0n) is 5.99. The molecule has 0 amide bonds. The number of carboxylic acids is 1. The lowest BCUT2D eigenvalue weighted by atomic mass is 10.1. The highest BCUT2D eigenvalue weighted by molar-refractivity contribution is 5.70. The summed E-state index contributed by atoms with van der Waals surface area (Å²) in [6.45, 7) is 0. The van der Waals surface area contributed by atoms with Gasteiger partial charge < -0.3 is 9.84 Å². The highest BCUT2D eigenvalue weighted by Gasteiger charge is 2.30. The predicted octanol–water partition coefficient (Wildman–Crippen LogP) is 0.737. The Kier molecular flexibility index (Phi) is 2.32. The minimum Gasteiger partial charge on any atom is -0.481 e. The lowest BCUT2D eigenvalue weighted by Crippen LogP contribution is -2.11. The lowest BCUT2D eigenvalue weighted by molar-refractivity contribution is -0.141. The molecule has 0 bridgehead atoms. The van der Waals surface area contributed by atoms with Crippen LogP contribution in [0.15, 0.2) is 0 Å². The van der Waals surface area contributed by atoms with Crippen molar-refractivity contribution < 1.29 is 14.6 Å². The van der Waals surface area contributed by atoms with Crippen LogP contribution in [-0.2, 0) is 9.53 Å². The number of rotatable bonds is 2. The van der Waals surface area contributed by atoms with Crippen molar-refractivity contribution in [1.82, 2.24) is 0 Å². The van der Waals surface area contributed by atoms with Crippen molar-refractivity contribution >= 4 is 5.97 Å². The van der Waals surface area contributed by atoms with Gasteiger partial charge >= 0.3 is 5.97 Å². The van der Waals surface area contributed by atoms with Crippen LogP contribution in [0.3, 0.4) is 0 Å². The van der Waals surface area contributed by atoms with E-state index in [-0.39, 0.29) is 12.0 Å². The number of aliphatic carboxylic acids is 1. The second kappa shape index (κ2) is 3.24. The van der Waals surface area contributed by atoms with E-state index in [1.165, 1.54) is 0 Å². The molecule has 1 N–H and O–H groups in total. The summed E-state index contributed by atoms with van der Waals surface area (Å²) in [5.41, 5.74) is 0. The molecule has 0 heterocycles. The Hall–Kier alpha value is -1.24. The lowest BCUT2D eigenvalue weighted by Gasteiger charge is -2.03. The summed E-state index contributed by atoms with van der Waals surface area (Å²) in [7, 11) is 0. The summed E-state index contributed by atoms with van der Waals surface area (Å²) in [5, 5.41) is 16.7. The normalized spacial score (nSPS) is 29.4. The molecule has 60 valence electrons. The first-order valence-electron chi connectivity index (χ1n) is 3.51. The molecule has 0 aromatic heterocycles. The summed E-state index contributed by atoms with van der Waals surface area (Å²) in [6.07, 6.45) is 3.20. The second-order valence-corrected chi connectivity index (χ2v) is 2.68. The number of hydrogen-bond acceptors (Lipinski definition) is 3. The van der Waals surface area contributed by atoms with E-state index < -0.39 is 5.97 Å². The maximum Gasteiger partial charge on any atom is 0.306 e. The Morgan fingerprint density at radius 3 is 2.82 bits per heavy atom. The number of carboxylic acid groups (broad SMARTS) is 1. The molecule has 0 aromatic rings. The molecule has 1 fully saturated rings. The monoisotopic (exact) mass is 155 g/mol. The number of nitriles is 1. The van der Waals surface area contributed by atoms with E-state index in [4.69, 9.17) is 10.4 Å². The molecule has 2 unspecified atom stereocenters. The molecule has 1 rings (SSSR count). The molecule has 4 nitrogen and oxygen atoms in total. The van der Waals surface area contributed by atoms with Gasteiger partial charge in [0.1, 0.15) is 6.10 Å². The van der Waals surface area contributed by atoms with Crippen molar-refractivity contribution in [3.05, 3.63) is 0 Å². The average Bonchev–Trinajstić information content (AvgIpc) is 2.37. The second-order valence-electron chi connectivity index (χ2n) is 2.68. The zero-order valence-corrected chi connectivity index (χ0v) is 5.99. The minimum atomic E-state index is -0.783. The molecule has 1 aliphatic rings. The van der Waals surface area contributed by atoms with Crippen LogP contribution in [-0.4, -0.2) is 17.2 Å². The van der Waals surface area contributed by atoms with Crippen molar-refractivity contribution in [2.75, 3.05) is 0 Å². The minimum absolute atomic E-state index is 0.166. The van der Waals surface area contributed by atoms with Crippen LogP contribution in [0.5, 0.6) is 0 Å². The fraction of sp³-hybridized carbons (Fsp3) is 0.714. The topological polar surface area (TPSA) is 70.3 Å². The van der Waals surface area contributed by atoms with E-state index in [0.29, 0.717) is 19.3 Å². The van der Waals surface area contributed by atoms with Crippen LogP contribution in [0.2, 0.25) is 0 Å². The quantitative estimate of drug-likeness (QED) is 0.597. The summed E-state index contributed by atoms with van der Waals surface area (Å²) < 4.78 is 4.63. The van der Waals surface area contributed by atoms with E-state index in [9.17, 15) is 4.79 Å². The summed E-state index contributed by atoms with van der Waals surface area (Å²) in [4.78, 5) is 10.4. The van der Waals surface area contributed by atoms with Crippen molar-refractivity contribution in [2.45, 2.75) is 25.4 Å². The number of nitrogens with zero attached hydrogens (tertiary/aromatic N) is 1. The standard InChI is InChI=1S/C7H9NO3/c8-4-11-6-2-1-5(3-6)7(9)10/h5-6H,1-3H2,(H,9,10). The third-order valence-electron chi connectivity index (χ3n) is 1.95. The molecule has 1 aliphatic carbocycles. The third-order valence-corrected chi connectivity index (χ3v) is 1.95. The van der Waals surface area contributed by atoms with Crippen LogP contribution in [0.1, 0.15) is 19.3 Å². The van der Waals surface area contributed by atoms with Gasteiger partial charge in [-0.25, -0.2) is 0 Å². The predicted molar refractivity (Wildman–Crippen MR) is 35.5 cm³/mol. The molecule has 4 heteroatoms. The Balaban J connectivity index is 2.36. The number of carbonyl (C=O) groups is 1. The van der Waals surface area contributed by atoms with Crippen LogP contribution >= 0.6 is 0 Å². The SMILES string of the molecule is N#COC1CCC(C(=O)O)C1. The molecule has 0 aliphatic heterocycles. The molecular formula is C7H9NO3. The van der Waals surface area contributed by atoms with E-state index in [1.54, 1.807) is 6.26 Å². The van der Waals surface area contributed by atoms with Crippen molar-refractivity contribution in [3.8, 4) is 6.26 Å². The van der Waals surface area contributed by atoms with Crippen LogP contribution in [0.4, 0.5) is 0 Å². The van der Waals surface area contributed by atoms with Crippen LogP contribution < -0.4 is 0 Å². The molecule has 11 heavy (non-hydrogen) atoms. The molecule has 0 saturated heterocycles. The molecule has 0 spiro atoms. The van der Waals surface area contributed by atoms with E-state index >= 15 is 0 Å². The van der Waals surface area contributed by atoms with Gasteiger partial charge in [0.25, 0.3) is 6.26 Å². The fourth-order valence-electron chi connectivity index (χ4n) is 1.35. The largest absolute Gasteiger partial charge is 0.481 e. The maximum atomic E-state index is 10.4. The Bertz CT molecular complexity index is 196. The zero-order chi connectivity index (χ0) is 8.27. The first-order chi connectivity index (χ1) is 5.24. The van der Waals surface area contributed by atoms with Gasteiger partial charge in [-0.05, 0) is 19.3 Å². The summed E-state index contributed by atoms with van der Waals surface area (Å²) in [5.74, 6) is -1.10. The van der Waals surface area contributed by atoms with Gasteiger partial charge in [-0.1, -0.05) is 0 Å². The Labute approximate surface area is 64.4 Å². The van der Waals surface area contributed by atoms with Gasteiger partial charge in [0.2, 0.25) is 0 Å². The van der Waals surface area contributed by atoms with Gasteiger partial charge in [0, 0.05) is 0 Å². The summed E-state index contributed by atoms with van der Waals surface area (Å²) in [6, 6.07) is 0. The van der Waals surface area contributed by atoms with E-state index in [2.05, 4.69) is 4.74 Å². The average molecular weight is 155 g/mol. The first kappa shape index (κ1) is 7.86. The number of ether oxygens (including phenoxy) is 1. The summed E-state index contributed by atoms with van der Waals surface area (Å²) >= 11 is 0. The fourth-order valence-corrected chi connectivity index (χ4v) is 1.35. The maximum absolute atomic E-state index is 10.4.